The molecule has 0 amide bonds. The molecule has 0 aliphatic carbocycles. The topological polar surface area (TPSA) is 0 Å². The zero-order chi connectivity index (χ0) is 10.1. The molecule has 1 rings (SSSR count). The Morgan fingerprint density at radius 2 is 1.85 bits per heavy atom. The third kappa shape index (κ3) is 2.70. The molecule has 1 aromatic carbocycles. The molecule has 0 nitrogen and oxygen atoms in total. The summed E-state index contributed by atoms with van der Waals surface area (Å²) in [7, 11) is 0. The lowest BCUT2D eigenvalue weighted by atomic mass is 9.86. The molecule has 0 aliphatic heterocycles. The summed E-state index contributed by atoms with van der Waals surface area (Å²) >= 11 is 3.50. The molecule has 70 valence electrons. The maximum absolute atomic E-state index is 3.77. The third-order valence-electron chi connectivity index (χ3n) is 2.02. The number of benzene rings is 1. The molecule has 0 atom stereocenters. The second-order valence-corrected chi connectivity index (χ2v) is 5.14. The molecule has 0 unspecified atom stereocenters. The van der Waals surface area contributed by atoms with Gasteiger partial charge >= 0.3 is 0 Å². The summed E-state index contributed by atoms with van der Waals surface area (Å²) in [6.45, 7) is 10.4. The SMILES string of the molecule is C=Cc1cc(Br)cc(C(C)(C)C)c1. The van der Waals surface area contributed by atoms with Crippen LogP contribution in [0.5, 0.6) is 0 Å². The van der Waals surface area contributed by atoms with Crippen molar-refractivity contribution in [3.63, 3.8) is 0 Å². The number of hydrogen-bond donors (Lipinski definition) is 0. The van der Waals surface area contributed by atoms with Gasteiger partial charge in [-0.2, -0.15) is 0 Å². The summed E-state index contributed by atoms with van der Waals surface area (Å²) < 4.78 is 1.12. The van der Waals surface area contributed by atoms with Crippen molar-refractivity contribution in [1.82, 2.24) is 0 Å². The standard InChI is InChI=1S/C12H15Br/c1-5-9-6-10(12(2,3)4)8-11(13)7-9/h5-8H,1H2,2-4H3. The van der Waals surface area contributed by atoms with E-state index in [2.05, 4.69) is 61.5 Å². The number of hydrogen-bond acceptors (Lipinski definition) is 0. The van der Waals surface area contributed by atoms with Gasteiger partial charge in [-0.25, -0.2) is 0 Å². The van der Waals surface area contributed by atoms with Crippen LogP contribution in [0.3, 0.4) is 0 Å². The summed E-state index contributed by atoms with van der Waals surface area (Å²) in [6, 6.07) is 6.41. The Bertz CT molecular complexity index is 318. The maximum atomic E-state index is 3.77. The van der Waals surface area contributed by atoms with E-state index in [0.717, 1.165) is 4.47 Å². The molecule has 0 saturated carbocycles. The normalized spacial score (nSPS) is 11.4. The number of rotatable bonds is 1. The molecule has 0 radical (unpaired) electrons. The first-order chi connectivity index (χ1) is 5.93. The van der Waals surface area contributed by atoms with E-state index in [-0.39, 0.29) is 5.41 Å². The largest absolute Gasteiger partial charge is 0.0985 e. The molecule has 0 fully saturated rings. The highest BCUT2D eigenvalue weighted by Gasteiger charge is 2.14. The molecule has 13 heavy (non-hydrogen) atoms. The fourth-order valence-electron chi connectivity index (χ4n) is 1.16. The highest BCUT2D eigenvalue weighted by molar-refractivity contribution is 9.10. The van der Waals surface area contributed by atoms with Crippen LogP contribution in [-0.2, 0) is 5.41 Å². The van der Waals surface area contributed by atoms with Crippen LogP contribution in [0, 0.1) is 0 Å². The number of halogens is 1. The van der Waals surface area contributed by atoms with Crippen LogP contribution in [0.1, 0.15) is 31.9 Å². The lowest BCUT2D eigenvalue weighted by molar-refractivity contribution is 0.590. The Balaban J connectivity index is 3.24. The highest BCUT2D eigenvalue weighted by atomic mass is 79.9. The fourth-order valence-corrected chi connectivity index (χ4v) is 1.67. The molecular weight excluding hydrogens is 224 g/mol. The van der Waals surface area contributed by atoms with E-state index in [0.29, 0.717) is 0 Å². The van der Waals surface area contributed by atoms with E-state index >= 15 is 0 Å². The van der Waals surface area contributed by atoms with Crippen molar-refractivity contribution in [3.8, 4) is 0 Å². The van der Waals surface area contributed by atoms with Crippen LogP contribution >= 0.6 is 15.9 Å². The van der Waals surface area contributed by atoms with Crippen molar-refractivity contribution in [1.29, 1.82) is 0 Å². The Morgan fingerprint density at radius 1 is 1.23 bits per heavy atom. The first kappa shape index (κ1) is 10.5. The Labute approximate surface area is 88.8 Å². The third-order valence-corrected chi connectivity index (χ3v) is 2.48. The lowest BCUT2D eigenvalue weighted by Crippen LogP contribution is -2.11. The summed E-state index contributed by atoms with van der Waals surface area (Å²) in [6.07, 6.45) is 1.88. The van der Waals surface area contributed by atoms with E-state index in [1.165, 1.54) is 11.1 Å². The Morgan fingerprint density at radius 3 is 2.31 bits per heavy atom. The first-order valence-corrected chi connectivity index (χ1v) is 5.16. The molecule has 0 bridgehead atoms. The second kappa shape index (κ2) is 3.67. The van der Waals surface area contributed by atoms with Crippen molar-refractivity contribution in [3.05, 3.63) is 40.4 Å². The van der Waals surface area contributed by atoms with Gasteiger partial charge in [-0.3, -0.25) is 0 Å². The van der Waals surface area contributed by atoms with Crippen molar-refractivity contribution in [2.75, 3.05) is 0 Å². The van der Waals surface area contributed by atoms with E-state index in [4.69, 9.17) is 0 Å². The van der Waals surface area contributed by atoms with Crippen LogP contribution in [-0.4, -0.2) is 0 Å². The smallest absolute Gasteiger partial charge is 0.0184 e. The first-order valence-electron chi connectivity index (χ1n) is 4.37. The van der Waals surface area contributed by atoms with Gasteiger partial charge in [0.2, 0.25) is 0 Å². The minimum atomic E-state index is 0.196. The van der Waals surface area contributed by atoms with Gasteiger partial charge in [0.05, 0.1) is 0 Å². The summed E-state index contributed by atoms with van der Waals surface area (Å²) in [5.74, 6) is 0. The van der Waals surface area contributed by atoms with Crippen LogP contribution in [0.25, 0.3) is 6.08 Å². The van der Waals surface area contributed by atoms with Gasteiger partial charge in [-0.1, -0.05) is 55.4 Å². The van der Waals surface area contributed by atoms with Crippen molar-refractivity contribution in [2.24, 2.45) is 0 Å². The zero-order valence-electron chi connectivity index (χ0n) is 8.39. The Hall–Kier alpha value is -0.560. The summed E-state index contributed by atoms with van der Waals surface area (Å²) in [5, 5.41) is 0. The van der Waals surface area contributed by atoms with Gasteiger partial charge in [-0.15, -0.1) is 0 Å². The van der Waals surface area contributed by atoms with Crippen molar-refractivity contribution < 1.29 is 0 Å². The minimum Gasteiger partial charge on any atom is -0.0985 e. The molecule has 0 spiro atoms. The van der Waals surface area contributed by atoms with E-state index < -0.39 is 0 Å². The Kier molecular flexibility index (Phi) is 2.97. The molecular formula is C12H15Br. The average molecular weight is 239 g/mol. The molecule has 1 aromatic rings. The van der Waals surface area contributed by atoms with E-state index in [1.54, 1.807) is 0 Å². The quantitative estimate of drug-likeness (QED) is 0.681. The van der Waals surface area contributed by atoms with Crippen LogP contribution in [0.4, 0.5) is 0 Å². The average Bonchev–Trinajstić information content (AvgIpc) is 2.01. The van der Waals surface area contributed by atoms with Crippen molar-refractivity contribution >= 4 is 22.0 Å². The van der Waals surface area contributed by atoms with E-state index in [9.17, 15) is 0 Å². The molecule has 0 saturated heterocycles. The predicted molar refractivity (Wildman–Crippen MR) is 62.9 cm³/mol. The van der Waals surface area contributed by atoms with Crippen LogP contribution in [0.15, 0.2) is 29.3 Å². The molecule has 1 heteroatoms. The fraction of sp³-hybridized carbons (Fsp3) is 0.333. The van der Waals surface area contributed by atoms with Gasteiger partial charge in [0.15, 0.2) is 0 Å². The zero-order valence-corrected chi connectivity index (χ0v) is 9.98. The van der Waals surface area contributed by atoms with E-state index in [1.807, 2.05) is 6.08 Å². The predicted octanol–water partition coefficient (Wildman–Crippen LogP) is 4.39. The minimum absolute atomic E-state index is 0.196. The van der Waals surface area contributed by atoms with Gasteiger partial charge < -0.3 is 0 Å². The molecule has 0 aliphatic rings. The summed E-state index contributed by atoms with van der Waals surface area (Å²) in [4.78, 5) is 0. The lowest BCUT2D eigenvalue weighted by Gasteiger charge is -2.19. The van der Waals surface area contributed by atoms with Crippen molar-refractivity contribution in [2.45, 2.75) is 26.2 Å². The maximum Gasteiger partial charge on any atom is 0.0184 e. The van der Waals surface area contributed by atoms with Gasteiger partial charge in [0.25, 0.3) is 0 Å². The molecule has 0 aromatic heterocycles. The monoisotopic (exact) mass is 238 g/mol. The highest BCUT2D eigenvalue weighted by Crippen LogP contribution is 2.26. The van der Waals surface area contributed by atoms with Gasteiger partial charge in [-0.05, 0) is 28.7 Å². The molecule has 0 N–H and O–H groups in total. The second-order valence-electron chi connectivity index (χ2n) is 4.23. The summed E-state index contributed by atoms with van der Waals surface area (Å²) in [5.41, 5.74) is 2.69. The van der Waals surface area contributed by atoms with Crippen LogP contribution in [0.2, 0.25) is 0 Å². The molecule has 0 heterocycles. The van der Waals surface area contributed by atoms with Gasteiger partial charge in [0.1, 0.15) is 0 Å². The van der Waals surface area contributed by atoms with Crippen LogP contribution < -0.4 is 0 Å². The van der Waals surface area contributed by atoms with Gasteiger partial charge in [0, 0.05) is 4.47 Å².